The van der Waals surface area contributed by atoms with E-state index in [9.17, 15) is 13.2 Å². The van der Waals surface area contributed by atoms with Crippen molar-refractivity contribution in [3.63, 3.8) is 0 Å². The molecule has 0 saturated carbocycles. The van der Waals surface area contributed by atoms with Gasteiger partial charge in [-0.15, -0.1) is 0 Å². The van der Waals surface area contributed by atoms with E-state index in [1.807, 2.05) is 0 Å². The van der Waals surface area contributed by atoms with Crippen molar-refractivity contribution in [3.8, 4) is 0 Å². The number of carbonyl (C=O) groups excluding carboxylic acids is 1. The van der Waals surface area contributed by atoms with Crippen LogP contribution in [0.3, 0.4) is 0 Å². The van der Waals surface area contributed by atoms with Crippen LogP contribution >= 0.6 is 15.9 Å². The van der Waals surface area contributed by atoms with E-state index in [0.29, 0.717) is 17.8 Å². The number of sulfone groups is 1. The summed E-state index contributed by atoms with van der Waals surface area (Å²) in [6.07, 6.45) is 2.05. The fourth-order valence-electron chi connectivity index (χ4n) is 2.00. The van der Waals surface area contributed by atoms with Gasteiger partial charge in [-0.1, -0.05) is 22.9 Å². The predicted octanol–water partition coefficient (Wildman–Crippen LogP) is 1.44. The van der Waals surface area contributed by atoms with Gasteiger partial charge in [-0.25, -0.2) is 8.42 Å². The SMILES string of the molecule is CC1CCN(C(=O)C(C)(C)S(C)(=O)=O)C1CBr. The number of amides is 1. The lowest BCUT2D eigenvalue weighted by Crippen LogP contribution is -2.52. The van der Waals surface area contributed by atoms with Gasteiger partial charge in [-0.3, -0.25) is 4.79 Å². The number of likely N-dealkylation sites (tertiary alicyclic amines) is 1. The van der Waals surface area contributed by atoms with Crippen LogP contribution in [0.5, 0.6) is 0 Å². The van der Waals surface area contributed by atoms with E-state index in [0.717, 1.165) is 12.7 Å². The maximum absolute atomic E-state index is 12.4. The molecule has 6 heteroatoms. The second-order valence-electron chi connectivity index (χ2n) is 5.27. The molecule has 0 bridgehead atoms. The molecule has 0 aliphatic carbocycles. The molecule has 1 heterocycles. The molecule has 100 valence electrons. The largest absolute Gasteiger partial charge is 0.337 e. The molecule has 1 aliphatic heterocycles. The number of hydrogen-bond acceptors (Lipinski definition) is 3. The van der Waals surface area contributed by atoms with Gasteiger partial charge in [-0.05, 0) is 26.2 Å². The van der Waals surface area contributed by atoms with Crippen LogP contribution in [-0.4, -0.2) is 48.1 Å². The summed E-state index contributed by atoms with van der Waals surface area (Å²) in [6, 6.07) is 0.100. The monoisotopic (exact) mass is 325 g/mol. The molecule has 1 aliphatic rings. The molecule has 2 atom stereocenters. The topological polar surface area (TPSA) is 54.5 Å². The summed E-state index contributed by atoms with van der Waals surface area (Å²) in [5.74, 6) is 0.127. The molecule has 0 radical (unpaired) electrons. The van der Waals surface area contributed by atoms with Crippen LogP contribution in [0.2, 0.25) is 0 Å². The third kappa shape index (κ3) is 2.67. The van der Waals surface area contributed by atoms with Crippen molar-refractivity contribution in [1.82, 2.24) is 4.90 Å². The van der Waals surface area contributed by atoms with E-state index in [4.69, 9.17) is 0 Å². The lowest BCUT2D eigenvalue weighted by atomic mass is 10.0. The van der Waals surface area contributed by atoms with Gasteiger partial charge >= 0.3 is 0 Å². The van der Waals surface area contributed by atoms with E-state index in [-0.39, 0.29) is 11.9 Å². The van der Waals surface area contributed by atoms with Crippen molar-refractivity contribution in [2.75, 3.05) is 18.1 Å². The summed E-state index contributed by atoms with van der Waals surface area (Å²) in [4.78, 5) is 14.1. The predicted molar refractivity (Wildman–Crippen MR) is 72.0 cm³/mol. The highest BCUT2D eigenvalue weighted by Gasteiger charge is 2.45. The quantitative estimate of drug-likeness (QED) is 0.738. The van der Waals surface area contributed by atoms with Crippen LogP contribution in [0.15, 0.2) is 0 Å². The zero-order chi connectivity index (χ0) is 13.4. The lowest BCUT2D eigenvalue weighted by molar-refractivity contribution is -0.133. The standard InChI is InChI=1S/C11H20BrNO3S/c1-8-5-6-13(9(8)7-12)10(14)11(2,3)17(4,15)16/h8-9H,5-7H2,1-4H3. The van der Waals surface area contributed by atoms with Crippen molar-refractivity contribution in [2.24, 2.45) is 5.92 Å². The molecule has 0 aromatic heterocycles. The average molecular weight is 326 g/mol. The molecule has 1 fully saturated rings. The second kappa shape index (κ2) is 4.88. The summed E-state index contributed by atoms with van der Waals surface area (Å²) in [5.41, 5.74) is 0. The Morgan fingerprint density at radius 3 is 2.41 bits per heavy atom. The molecular formula is C11H20BrNO3S. The van der Waals surface area contributed by atoms with Gasteiger partial charge in [-0.2, -0.15) is 0 Å². The molecular weight excluding hydrogens is 306 g/mol. The molecule has 0 aromatic carbocycles. The van der Waals surface area contributed by atoms with E-state index < -0.39 is 14.6 Å². The Labute approximate surface area is 112 Å². The van der Waals surface area contributed by atoms with Gasteiger partial charge in [0.25, 0.3) is 0 Å². The number of alkyl halides is 1. The summed E-state index contributed by atoms with van der Waals surface area (Å²) in [7, 11) is -3.39. The maximum Gasteiger partial charge on any atom is 0.243 e. The van der Waals surface area contributed by atoms with Crippen LogP contribution < -0.4 is 0 Å². The van der Waals surface area contributed by atoms with Crippen LogP contribution in [-0.2, 0) is 14.6 Å². The first-order valence-electron chi connectivity index (χ1n) is 5.69. The van der Waals surface area contributed by atoms with Gasteiger partial charge < -0.3 is 4.90 Å². The van der Waals surface area contributed by atoms with Crippen molar-refractivity contribution < 1.29 is 13.2 Å². The molecule has 0 N–H and O–H groups in total. The normalized spacial score (nSPS) is 26.3. The van der Waals surface area contributed by atoms with Gasteiger partial charge in [0.2, 0.25) is 5.91 Å². The fourth-order valence-corrected chi connectivity index (χ4v) is 3.42. The Kier molecular flexibility index (Phi) is 4.29. The summed E-state index contributed by atoms with van der Waals surface area (Å²) in [6.45, 7) is 5.71. The molecule has 0 aromatic rings. The molecule has 1 rings (SSSR count). The maximum atomic E-state index is 12.4. The molecule has 1 amide bonds. The van der Waals surface area contributed by atoms with E-state index in [2.05, 4.69) is 22.9 Å². The summed E-state index contributed by atoms with van der Waals surface area (Å²) < 4.78 is 22.0. The van der Waals surface area contributed by atoms with Crippen molar-refractivity contribution >= 4 is 31.7 Å². The Bertz CT molecular complexity index is 405. The first-order valence-corrected chi connectivity index (χ1v) is 8.71. The Morgan fingerprint density at radius 1 is 1.47 bits per heavy atom. The van der Waals surface area contributed by atoms with Crippen LogP contribution in [0.4, 0.5) is 0 Å². The first-order chi connectivity index (χ1) is 7.63. The van der Waals surface area contributed by atoms with Gasteiger partial charge in [0.1, 0.15) is 4.75 Å². The fraction of sp³-hybridized carbons (Fsp3) is 0.909. The summed E-state index contributed by atoms with van der Waals surface area (Å²) in [5, 5.41) is 0.694. The minimum Gasteiger partial charge on any atom is -0.337 e. The minimum absolute atomic E-state index is 0.100. The van der Waals surface area contributed by atoms with Crippen LogP contribution in [0.1, 0.15) is 27.2 Å². The number of rotatable bonds is 3. The number of nitrogens with zero attached hydrogens (tertiary/aromatic N) is 1. The molecule has 1 saturated heterocycles. The van der Waals surface area contributed by atoms with Gasteiger partial charge in [0.05, 0.1) is 0 Å². The van der Waals surface area contributed by atoms with E-state index in [1.165, 1.54) is 13.8 Å². The van der Waals surface area contributed by atoms with Crippen molar-refractivity contribution in [1.29, 1.82) is 0 Å². The molecule has 17 heavy (non-hydrogen) atoms. The van der Waals surface area contributed by atoms with Gasteiger partial charge in [0.15, 0.2) is 9.84 Å². The Balaban J connectivity index is 2.99. The summed E-state index contributed by atoms with van der Waals surface area (Å²) >= 11 is 3.40. The number of hydrogen-bond donors (Lipinski definition) is 0. The number of carbonyl (C=O) groups is 1. The third-order valence-corrected chi connectivity index (χ3v) is 6.44. The highest BCUT2D eigenvalue weighted by atomic mass is 79.9. The molecule has 2 unspecified atom stereocenters. The van der Waals surface area contributed by atoms with E-state index in [1.54, 1.807) is 4.90 Å². The van der Waals surface area contributed by atoms with Crippen molar-refractivity contribution in [3.05, 3.63) is 0 Å². The highest BCUT2D eigenvalue weighted by Crippen LogP contribution is 2.29. The number of halogens is 1. The molecule has 0 spiro atoms. The van der Waals surface area contributed by atoms with Crippen LogP contribution in [0.25, 0.3) is 0 Å². The Morgan fingerprint density at radius 2 is 2.00 bits per heavy atom. The smallest absolute Gasteiger partial charge is 0.243 e. The molecule has 4 nitrogen and oxygen atoms in total. The second-order valence-corrected chi connectivity index (χ2v) is 8.48. The lowest BCUT2D eigenvalue weighted by Gasteiger charge is -2.32. The van der Waals surface area contributed by atoms with Crippen LogP contribution in [0, 0.1) is 5.92 Å². The van der Waals surface area contributed by atoms with Gasteiger partial charge in [0, 0.05) is 24.2 Å². The first kappa shape index (κ1) is 15.0. The third-order valence-electron chi connectivity index (χ3n) is 3.74. The zero-order valence-corrected chi connectivity index (χ0v) is 13.1. The van der Waals surface area contributed by atoms with Crippen molar-refractivity contribution in [2.45, 2.75) is 38.0 Å². The Hall–Kier alpha value is -0.100. The average Bonchev–Trinajstić information content (AvgIpc) is 2.56. The highest BCUT2D eigenvalue weighted by molar-refractivity contribution is 9.09. The zero-order valence-electron chi connectivity index (χ0n) is 10.7. The minimum atomic E-state index is -3.39. The van der Waals surface area contributed by atoms with E-state index >= 15 is 0 Å².